The van der Waals surface area contributed by atoms with Crippen LogP contribution in [-0.2, 0) is 20.0 Å². The molecule has 0 saturated heterocycles. The minimum Gasteiger partial charge on any atom is -0.353 e. The lowest BCUT2D eigenvalue weighted by atomic mass is 9.87. The van der Waals surface area contributed by atoms with Crippen molar-refractivity contribution in [3.05, 3.63) is 52.9 Å². The van der Waals surface area contributed by atoms with Gasteiger partial charge in [0.05, 0.1) is 28.7 Å². The number of fused-ring (bicyclic) bond motifs is 3. The minimum absolute atomic E-state index is 0.0104. The molecule has 2 unspecified atom stereocenters. The van der Waals surface area contributed by atoms with Crippen LogP contribution in [0.1, 0.15) is 50.3 Å². The Morgan fingerprint density at radius 1 is 1.14 bits per heavy atom. The average molecular weight is 632 g/mol. The van der Waals surface area contributed by atoms with Crippen molar-refractivity contribution < 1.29 is 35.2 Å². The summed E-state index contributed by atoms with van der Waals surface area (Å²) >= 11 is 5.96. The Hall–Kier alpha value is -3.00. The van der Waals surface area contributed by atoms with Gasteiger partial charge in [-0.05, 0) is 50.8 Å². The fourth-order valence-electron chi connectivity index (χ4n) is 6.54. The second-order valence-corrected chi connectivity index (χ2v) is 14.6. The van der Waals surface area contributed by atoms with Gasteiger partial charge in [0.1, 0.15) is 20.7 Å². The summed E-state index contributed by atoms with van der Waals surface area (Å²) in [6.45, 7) is 1.73. The van der Waals surface area contributed by atoms with Crippen molar-refractivity contribution in [3.8, 4) is 0 Å². The van der Waals surface area contributed by atoms with Crippen molar-refractivity contribution in [1.82, 2.24) is 19.9 Å². The molecule has 226 valence electrons. The van der Waals surface area contributed by atoms with Crippen LogP contribution in [0.2, 0.25) is 5.15 Å². The van der Waals surface area contributed by atoms with Gasteiger partial charge in [-0.15, -0.1) is 0 Å². The van der Waals surface area contributed by atoms with Gasteiger partial charge in [-0.1, -0.05) is 23.7 Å². The van der Waals surface area contributed by atoms with Crippen molar-refractivity contribution in [3.63, 3.8) is 0 Å². The lowest BCUT2D eigenvalue weighted by Crippen LogP contribution is -2.43. The summed E-state index contributed by atoms with van der Waals surface area (Å²) in [7, 11) is -3.30. The number of sulfone groups is 1. The molecular formula is C27H27ClF5N5O3S. The van der Waals surface area contributed by atoms with Gasteiger partial charge in [0, 0.05) is 30.6 Å². The number of halogens is 6. The average Bonchev–Trinajstić information content (AvgIpc) is 3.40. The van der Waals surface area contributed by atoms with Crippen molar-refractivity contribution >= 4 is 44.4 Å². The Balaban J connectivity index is 1.27. The summed E-state index contributed by atoms with van der Waals surface area (Å²) in [4.78, 5) is 18.7. The van der Waals surface area contributed by atoms with Gasteiger partial charge in [0.25, 0.3) is 5.92 Å². The second kappa shape index (κ2) is 9.01. The standard InChI is InChI=1S/C27H27ClF5N5O3S/c1-24(27(31,32)33)13-37(18-12-34-20-11-19(28)36-38(20)22(18)24)16-7-4-14(5-8-16)21-25(2,26(21,29)30)23(39)35-15-6-9-17(10-15)42(3,40)41/h4-5,7-8,11-12,15,17,21H,6,9-10,13H2,1-3H3,(H,35,39)/t15?,17?,21-,24-,25+/m1/s1. The highest BCUT2D eigenvalue weighted by molar-refractivity contribution is 7.91. The first-order valence-corrected chi connectivity index (χ1v) is 15.6. The van der Waals surface area contributed by atoms with E-state index in [1.165, 1.54) is 48.4 Å². The largest absolute Gasteiger partial charge is 0.401 e. The summed E-state index contributed by atoms with van der Waals surface area (Å²) in [5, 5.41) is 6.00. The molecule has 0 radical (unpaired) electrons. The lowest BCUT2D eigenvalue weighted by Gasteiger charge is -2.28. The van der Waals surface area contributed by atoms with E-state index in [9.17, 15) is 26.4 Å². The van der Waals surface area contributed by atoms with Crippen LogP contribution >= 0.6 is 11.6 Å². The van der Waals surface area contributed by atoms with E-state index in [0.29, 0.717) is 18.5 Å². The number of alkyl halides is 5. The first kappa shape index (κ1) is 29.1. The Morgan fingerprint density at radius 2 is 1.81 bits per heavy atom. The molecule has 2 fully saturated rings. The summed E-state index contributed by atoms with van der Waals surface area (Å²) in [6, 6.07) is 6.51. The van der Waals surface area contributed by atoms with Crippen LogP contribution in [0.15, 0.2) is 36.5 Å². The monoisotopic (exact) mass is 631 g/mol. The topological polar surface area (TPSA) is 96.7 Å². The Morgan fingerprint density at radius 3 is 2.40 bits per heavy atom. The van der Waals surface area contributed by atoms with E-state index in [1.54, 1.807) is 0 Å². The van der Waals surface area contributed by atoms with E-state index in [4.69, 9.17) is 11.6 Å². The van der Waals surface area contributed by atoms with Crippen LogP contribution < -0.4 is 10.2 Å². The first-order chi connectivity index (χ1) is 19.4. The Bertz CT molecular complexity index is 1710. The van der Waals surface area contributed by atoms with Crippen LogP contribution in [-0.4, -0.2) is 65.1 Å². The Kier molecular flexibility index (Phi) is 6.24. The zero-order valence-electron chi connectivity index (χ0n) is 22.7. The zero-order chi connectivity index (χ0) is 30.6. The van der Waals surface area contributed by atoms with Crippen molar-refractivity contribution in [2.45, 2.75) is 67.8 Å². The molecule has 6 rings (SSSR count). The molecule has 2 aliphatic carbocycles. The van der Waals surface area contributed by atoms with Crippen LogP contribution in [0, 0.1) is 5.41 Å². The number of carbonyl (C=O) groups excluding carboxylic acids is 1. The minimum atomic E-state index is -4.66. The lowest BCUT2D eigenvalue weighted by molar-refractivity contribution is -0.181. The van der Waals surface area contributed by atoms with Crippen molar-refractivity contribution in [2.75, 3.05) is 17.7 Å². The second-order valence-electron chi connectivity index (χ2n) is 11.9. The smallest absolute Gasteiger partial charge is 0.353 e. The SMILES string of the molecule is C[C@@]1(C(F)(F)F)CN(c2ccc([C@H]3C(F)(F)[C@]3(C)C(=O)NC3CCC(S(C)(=O)=O)C3)cc2)c2cnc3cc(Cl)nn3c21. The number of nitrogens with zero attached hydrogens (tertiary/aromatic N) is 4. The summed E-state index contributed by atoms with van der Waals surface area (Å²) < 4.78 is 98.4. The third kappa shape index (κ3) is 4.11. The Labute approximate surface area is 243 Å². The molecule has 1 amide bonds. The molecule has 1 aliphatic heterocycles. The van der Waals surface area contributed by atoms with Crippen LogP contribution in [0.4, 0.5) is 33.3 Å². The number of nitrogens with one attached hydrogen (secondary N) is 1. The predicted octanol–water partition coefficient (Wildman–Crippen LogP) is 5.18. The molecule has 15 heteroatoms. The molecule has 3 heterocycles. The number of hydrogen-bond acceptors (Lipinski definition) is 6. The third-order valence-corrected chi connectivity index (χ3v) is 11.1. The maximum Gasteiger partial charge on any atom is 0.401 e. The summed E-state index contributed by atoms with van der Waals surface area (Å²) in [5.41, 5.74) is -3.74. The zero-order valence-corrected chi connectivity index (χ0v) is 24.3. The number of anilines is 2. The van der Waals surface area contributed by atoms with E-state index in [0.717, 1.165) is 17.7 Å². The molecular weight excluding hydrogens is 605 g/mol. The number of aromatic nitrogens is 3. The van der Waals surface area contributed by atoms with E-state index in [2.05, 4.69) is 15.4 Å². The van der Waals surface area contributed by atoms with Crippen LogP contribution in [0.25, 0.3) is 5.65 Å². The number of carbonyl (C=O) groups is 1. The van der Waals surface area contributed by atoms with Crippen LogP contribution in [0.3, 0.4) is 0 Å². The van der Waals surface area contributed by atoms with Gasteiger partial charge in [0.2, 0.25) is 5.91 Å². The third-order valence-electron chi connectivity index (χ3n) is 9.23. The number of benzene rings is 1. The first-order valence-electron chi connectivity index (χ1n) is 13.3. The highest BCUT2D eigenvalue weighted by atomic mass is 35.5. The maximum atomic E-state index is 15.2. The normalized spacial score (nSPS) is 30.5. The molecule has 0 bridgehead atoms. The van der Waals surface area contributed by atoms with E-state index in [-0.39, 0.29) is 34.2 Å². The molecule has 3 aliphatic rings. The van der Waals surface area contributed by atoms with Gasteiger partial charge in [0.15, 0.2) is 10.8 Å². The quantitative estimate of drug-likeness (QED) is 0.390. The molecule has 2 saturated carbocycles. The maximum absolute atomic E-state index is 15.2. The van der Waals surface area contributed by atoms with Gasteiger partial charge in [-0.3, -0.25) is 4.79 Å². The van der Waals surface area contributed by atoms with E-state index < -0.39 is 62.4 Å². The molecule has 3 aromatic rings. The predicted molar refractivity (Wildman–Crippen MR) is 145 cm³/mol. The fourth-order valence-corrected chi connectivity index (χ4v) is 7.86. The summed E-state index contributed by atoms with van der Waals surface area (Å²) in [5.74, 6) is -5.69. The highest BCUT2D eigenvalue weighted by Crippen LogP contribution is 2.71. The van der Waals surface area contributed by atoms with Crippen LogP contribution in [0.5, 0.6) is 0 Å². The van der Waals surface area contributed by atoms with Crippen molar-refractivity contribution in [1.29, 1.82) is 0 Å². The molecule has 5 atom stereocenters. The number of amides is 1. The molecule has 8 nitrogen and oxygen atoms in total. The molecule has 0 spiro atoms. The van der Waals surface area contributed by atoms with Gasteiger partial charge >= 0.3 is 6.18 Å². The van der Waals surface area contributed by atoms with E-state index >= 15 is 8.78 Å². The van der Waals surface area contributed by atoms with Gasteiger partial charge in [-0.2, -0.15) is 18.3 Å². The molecule has 42 heavy (non-hydrogen) atoms. The summed E-state index contributed by atoms with van der Waals surface area (Å²) in [6.07, 6.45) is -1.33. The molecule has 1 N–H and O–H groups in total. The molecule has 1 aromatic carbocycles. The van der Waals surface area contributed by atoms with Gasteiger partial charge in [-0.25, -0.2) is 26.7 Å². The molecule has 2 aromatic heterocycles. The van der Waals surface area contributed by atoms with Gasteiger partial charge < -0.3 is 10.2 Å². The number of rotatable bonds is 5. The number of hydrogen-bond donors (Lipinski definition) is 1. The fraction of sp³-hybridized carbons (Fsp3) is 0.519. The van der Waals surface area contributed by atoms with Crippen molar-refractivity contribution in [2.24, 2.45) is 5.41 Å². The highest BCUT2D eigenvalue weighted by Gasteiger charge is 2.82. The van der Waals surface area contributed by atoms with E-state index in [1.807, 2.05) is 0 Å².